The monoisotopic (exact) mass is 481 g/mol. The Morgan fingerprint density at radius 1 is 1.12 bits per heavy atom. The van der Waals surface area contributed by atoms with Crippen molar-refractivity contribution in [2.45, 2.75) is 13.0 Å². The van der Waals surface area contributed by atoms with Crippen molar-refractivity contribution in [2.75, 3.05) is 5.32 Å². The van der Waals surface area contributed by atoms with E-state index in [0.717, 1.165) is 4.88 Å². The summed E-state index contributed by atoms with van der Waals surface area (Å²) in [6.45, 7) is 1.42. The maximum absolute atomic E-state index is 13.0. The standard InChI is InChI=1S/C23H16ClN3O5S/c1-13(22(28)25-14-5-4-6-15(11-14)27(30)31)32-23(29)17-12-19(20-9-10-21(24)33-20)26-18-8-3-2-7-16(17)18/h2-13H,1H3,(H,25,28). The van der Waals surface area contributed by atoms with E-state index in [1.165, 1.54) is 42.5 Å². The van der Waals surface area contributed by atoms with E-state index in [4.69, 9.17) is 16.3 Å². The molecular formula is C23H16ClN3O5S. The topological polar surface area (TPSA) is 111 Å². The zero-order chi connectivity index (χ0) is 23.5. The minimum atomic E-state index is -1.15. The molecule has 1 unspecified atom stereocenters. The summed E-state index contributed by atoms with van der Waals surface area (Å²) in [4.78, 5) is 41.3. The number of nitrogens with zero attached hydrogens (tertiary/aromatic N) is 2. The Morgan fingerprint density at radius 3 is 2.64 bits per heavy atom. The number of nitro benzene ring substituents is 1. The molecule has 0 fully saturated rings. The molecule has 0 aliphatic heterocycles. The number of hydrogen-bond donors (Lipinski definition) is 1. The average Bonchev–Trinajstić information content (AvgIpc) is 3.24. The number of hydrogen-bond acceptors (Lipinski definition) is 7. The maximum atomic E-state index is 13.0. The fourth-order valence-corrected chi connectivity index (χ4v) is 4.14. The number of pyridine rings is 1. The molecular weight excluding hydrogens is 466 g/mol. The minimum absolute atomic E-state index is 0.165. The van der Waals surface area contributed by atoms with E-state index in [9.17, 15) is 19.7 Å². The second kappa shape index (κ2) is 9.35. The van der Waals surface area contributed by atoms with Crippen LogP contribution in [-0.4, -0.2) is 27.9 Å². The van der Waals surface area contributed by atoms with Gasteiger partial charge in [0.15, 0.2) is 6.10 Å². The second-order valence-electron chi connectivity index (χ2n) is 7.02. The van der Waals surface area contributed by atoms with Gasteiger partial charge in [0.25, 0.3) is 11.6 Å². The number of nitro groups is 1. The minimum Gasteiger partial charge on any atom is -0.449 e. The number of carbonyl (C=O) groups excluding carboxylic acids is 2. The lowest BCUT2D eigenvalue weighted by molar-refractivity contribution is -0.384. The van der Waals surface area contributed by atoms with Crippen LogP contribution in [0, 0.1) is 10.1 Å². The van der Waals surface area contributed by atoms with Gasteiger partial charge in [-0.25, -0.2) is 9.78 Å². The molecule has 0 radical (unpaired) electrons. The highest BCUT2D eigenvalue weighted by molar-refractivity contribution is 7.19. The molecule has 10 heteroatoms. The SMILES string of the molecule is CC(OC(=O)c1cc(-c2ccc(Cl)s2)nc2ccccc12)C(=O)Nc1cccc([N+](=O)[O-])c1. The lowest BCUT2D eigenvalue weighted by atomic mass is 10.1. The number of thiophene rings is 1. The van der Waals surface area contributed by atoms with Crippen molar-refractivity contribution in [2.24, 2.45) is 0 Å². The van der Waals surface area contributed by atoms with E-state index in [1.54, 1.807) is 30.3 Å². The van der Waals surface area contributed by atoms with E-state index in [-0.39, 0.29) is 16.9 Å². The zero-order valence-corrected chi connectivity index (χ0v) is 18.7. The van der Waals surface area contributed by atoms with Crippen LogP contribution in [0.4, 0.5) is 11.4 Å². The van der Waals surface area contributed by atoms with Crippen LogP contribution in [0.5, 0.6) is 0 Å². The van der Waals surface area contributed by atoms with E-state index in [1.807, 2.05) is 12.1 Å². The summed E-state index contributed by atoms with van der Waals surface area (Å²) in [6.07, 6.45) is -1.15. The first-order chi connectivity index (χ1) is 15.8. The molecule has 0 aliphatic carbocycles. The predicted octanol–water partition coefficient (Wildman–Crippen LogP) is 5.71. The Labute approximate surface area is 196 Å². The molecule has 4 rings (SSSR count). The number of rotatable bonds is 6. The van der Waals surface area contributed by atoms with Gasteiger partial charge < -0.3 is 10.1 Å². The molecule has 0 saturated carbocycles. The molecule has 2 heterocycles. The van der Waals surface area contributed by atoms with Crippen LogP contribution in [0.25, 0.3) is 21.5 Å². The van der Waals surface area contributed by atoms with Gasteiger partial charge in [0.1, 0.15) is 0 Å². The fourth-order valence-electron chi connectivity index (χ4n) is 3.14. The van der Waals surface area contributed by atoms with E-state index < -0.39 is 22.9 Å². The number of fused-ring (bicyclic) bond motifs is 1. The van der Waals surface area contributed by atoms with Crippen molar-refractivity contribution in [1.29, 1.82) is 0 Å². The first-order valence-corrected chi connectivity index (χ1v) is 10.9. The van der Waals surface area contributed by atoms with Gasteiger partial charge in [-0.05, 0) is 37.3 Å². The van der Waals surface area contributed by atoms with Crippen LogP contribution in [0.2, 0.25) is 4.34 Å². The third-order valence-electron chi connectivity index (χ3n) is 4.74. The number of esters is 1. The number of aromatic nitrogens is 1. The summed E-state index contributed by atoms with van der Waals surface area (Å²) in [7, 11) is 0. The van der Waals surface area contributed by atoms with Gasteiger partial charge in [0, 0.05) is 23.2 Å². The number of para-hydroxylation sites is 1. The van der Waals surface area contributed by atoms with Crippen molar-refractivity contribution >= 4 is 57.1 Å². The molecule has 1 N–H and O–H groups in total. The molecule has 2 aromatic carbocycles. The van der Waals surface area contributed by atoms with Gasteiger partial charge >= 0.3 is 5.97 Å². The molecule has 33 heavy (non-hydrogen) atoms. The highest BCUT2D eigenvalue weighted by Gasteiger charge is 2.22. The second-order valence-corrected chi connectivity index (χ2v) is 8.74. The number of non-ortho nitro benzene ring substituents is 1. The highest BCUT2D eigenvalue weighted by Crippen LogP contribution is 2.32. The number of nitrogens with one attached hydrogen (secondary N) is 1. The van der Waals surface area contributed by atoms with Crippen LogP contribution in [0.3, 0.4) is 0 Å². The number of carbonyl (C=O) groups is 2. The Balaban J connectivity index is 1.57. The van der Waals surface area contributed by atoms with Crippen LogP contribution in [0.1, 0.15) is 17.3 Å². The molecule has 0 spiro atoms. The Hall–Kier alpha value is -3.82. The number of halogens is 1. The van der Waals surface area contributed by atoms with Gasteiger partial charge in [-0.15, -0.1) is 11.3 Å². The highest BCUT2D eigenvalue weighted by atomic mass is 35.5. The molecule has 1 atom stereocenters. The fraction of sp³-hybridized carbons (Fsp3) is 0.0870. The van der Waals surface area contributed by atoms with Gasteiger partial charge in [0.05, 0.1) is 30.9 Å². The van der Waals surface area contributed by atoms with Crippen molar-refractivity contribution in [3.05, 3.63) is 86.7 Å². The van der Waals surface area contributed by atoms with Crippen molar-refractivity contribution in [3.8, 4) is 10.6 Å². The quantitative estimate of drug-likeness (QED) is 0.214. The summed E-state index contributed by atoms with van der Waals surface area (Å²) in [5, 5.41) is 14.0. The largest absolute Gasteiger partial charge is 0.449 e. The van der Waals surface area contributed by atoms with Gasteiger partial charge in [-0.3, -0.25) is 14.9 Å². The van der Waals surface area contributed by atoms with Crippen LogP contribution in [0.15, 0.2) is 66.7 Å². The number of ether oxygens (including phenoxy) is 1. The Kier molecular flexibility index (Phi) is 6.34. The first-order valence-electron chi connectivity index (χ1n) is 9.73. The van der Waals surface area contributed by atoms with Crippen LogP contribution in [-0.2, 0) is 9.53 Å². The van der Waals surface area contributed by atoms with Gasteiger partial charge in [-0.1, -0.05) is 35.9 Å². The van der Waals surface area contributed by atoms with Gasteiger partial charge in [0.2, 0.25) is 0 Å². The summed E-state index contributed by atoms with van der Waals surface area (Å²) >= 11 is 7.38. The molecule has 8 nitrogen and oxygen atoms in total. The van der Waals surface area contributed by atoms with Crippen molar-refractivity contribution in [1.82, 2.24) is 4.98 Å². The summed E-state index contributed by atoms with van der Waals surface area (Å²) in [6, 6.07) is 17.8. The van der Waals surface area contributed by atoms with Gasteiger partial charge in [-0.2, -0.15) is 0 Å². The molecule has 0 aliphatic rings. The Bertz CT molecular complexity index is 1390. The van der Waals surface area contributed by atoms with E-state index >= 15 is 0 Å². The van der Waals surface area contributed by atoms with Crippen LogP contribution < -0.4 is 5.32 Å². The summed E-state index contributed by atoms with van der Waals surface area (Å²) < 4.78 is 6.01. The van der Waals surface area contributed by atoms with Crippen molar-refractivity contribution < 1.29 is 19.2 Å². The zero-order valence-electron chi connectivity index (χ0n) is 17.2. The third kappa shape index (κ3) is 5.00. The maximum Gasteiger partial charge on any atom is 0.339 e. The van der Waals surface area contributed by atoms with Crippen molar-refractivity contribution in [3.63, 3.8) is 0 Å². The Morgan fingerprint density at radius 2 is 1.91 bits per heavy atom. The molecule has 166 valence electrons. The molecule has 0 saturated heterocycles. The predicted molar refractivity (Wildman–Crippen MR) is 127 cm³/mol. The molecule has 4 aromatic rings. The normalized spacial score (nSPS) is 11.7. The summed E-state index contributed by atoms with van der Waals surface area (Å²) in [5.41, 5.74) is 1.48. The van der Waals surface area contributed by atoms with E-state index in [0.29, 0.717) is 20.9 Å². The average molecular weight is 482 g/mol. The smallest absolute Gasteiger partial charge is 0.339 e. The lowest BCUT2D eigenvalue weighted by Crippen LogP contribution is -2.30. The summed E-state index contributed by atoms with van der Waals surface area (Å²) in [5.74, 6) is -1.31. The molecule has 0 bridgehead atoms. The lowest BCUT2D eigenvalue weighted by Gasteiger charge is -2.15. The number of amides is 1. The van der Waals surface area contributed by atoms with Crippen LogP contribution >= 0.6 is 22.9 Å². The molecule has 2 aromatic heterocycles. The van der Waals surface area contributed by atoms with E-state index in [2.05, 4.69) is 10.3 Å². The first kappa shape index (κ1) is 22.4. The third-order valence-corrected chi connectivity index (χ3v) is 5.99. The number of benzene rings is 2. The number of anilines is 1. The molecule has 1 amide bonds.